The lowest BCUT2D eigenvalue weighted by atomic mass is 10.2. The van der Waals surface area contributed by atoms with Crippen LogP contribution in [0.15, 0.2) is 71.0 Å². The van der Waals surface area contributed by atoms with Gasteiger partial charge in [-0.15, -0.1) is 6.58 Å². The first kappa shape index (κ1) is 21.7. The zero-order valence-electron chi connectivity index (χ0n) is 16.5. The second kappa shape index (κ2) is 8.37. The van der Waals surface area contributed by atoms with Gasteiger partial charge < -0.3 is 0 Å². The molecule has 0 aromatic heterocycles. The van der Waals surface area contributed by atoms with E-state index in [1.165, 1.54) is 32.9 Å². The van der Waals surface area contributed by atoms with Gasteiger partial charge in [-0.3, -0.25) is 4.90 Å². The Morgan fingerprint density at radius 1 is 0.759 bits per heavy atom. The Labute approximate surface area is 173 Å². The maximum Gasteiger partial charge on any atom is 0.245 e. The largest absolute Gasteiger partial charge is 0.272 e. The van der Waals surface area contributed by atoms with E-state index in [2.05, 4.69) is 6.58 Å². The number of nitrogens with zero attached hydrogens (tertiary/aromatic N) is 3. The zero-order valence-corrected chi connectivity index (χ0v) is 18.2. The van der Waals surface area contributed by atoms with Crippen LogP contribution in [-0.2, 0) is 20.0 Å². The highest BCUT2D eigenvalue weighted by Crippen LogP contribution is 2.24. The van der Waals surface area contributed by atoms with Crippen LogP contribution >= 0.6 is 0 Å². The molecule has 1 fully saturated rings. The molecule has 3 rings (SSSR count). The first-order valence-corrected chi connectivity index (χ1v) is 12.0. The van der Waals surface area contributed by atoms with E-state index in [0.717, 1.165) is 11.1 Å². The van der Waals surface area contributed by atoms with Gasteiger partial charge in [-0.25, -0.2) is 16.8 Å². The third-order valence-corrected chi connectivity index (χ3v) is 8.29. The molecule has 1 aliphatic rings. The van der Waals surface area contributed by atoms with E-state index in [1.54, 1.807) is 35.2 Å². The van der Waals surface area contributed by atoms with Crippen molar-refractivity contribution in [1.82, 2.24) is 13.5 Å². The minimum Gasteiger partial charge on any atom is -0.272 e. The number of aryl methyl sites for hydroxylation is 2. The molecule has 7 nitrogen and oxygen atoms in total. The number of sulfonamides is 2. The van der Waals surface area contributed by atoms with E-state index in [-0.39, 0.29) is 29.8 Å². The average molecular weight is 436 g/mol. The zero-order chi connectivity index (χ0) is 21.2. The minimum atomic E-state index is -3.86. The van der Waals surface area contributed by atoms with Crippen molar-refractivity contribution >= 4 is 20.0 Å². The molecule has 0 N–H and O–H groups in total. The van der Waals surface area contributed by atoms with Crippen molar-refractivity contribution in [3.05, 3.63) is 72.3 Å². The summed E-state index contributed by atoms with van der Waals surface area (Å²) in [6, 6.07) is 13.0. The van der Waals surface area contributed by atoms with Crippen LogP contribution in [0.1, 0.15) is 11.1 Å². The molecule has 2 aromatic rings. The number of hydrogen-bond acceptors (Lipinski definition) is 5. The van der Waals surface area contributed by atoms with E-state index in [1.807, 2.05) is 13.8 Å². The summed E-state index contributed by atoms with van der Waals surface area (Å²) < 4.78 is 55.0. The predicted molar refractivity (Wildman–Crippen MR) is 112 cm³/mol. The molecule has 1 aliphatic heterocycles. The van der Waals surface area contributed by atoms with Crippen LogP contribution in [0, 0.1) is 13.8 Å². The van der Waals surface area contributed by atoms with Gasteiger partial charge in [0, 0.05) is 6.54 Å². The summed E-state index contributed by atoms with van der Waals surface area (Å²) in [6.45, 7) is 7.72. The van der Waals surface area contributed by atoms with Gasteiger partial charge in [0.2, 0.25) is 20.0 Å². The maximum absolute atomic E-state index is 13.2. The standard InChI is InChI=1S/C20H25N3O4S2/c1-4-13-21-14-22(28(24,25)19-9-5-17(2)6-10-19)16-23(15-21)29(26,27)20-11-7-18(3)8-12-20/h4-12H,1,13-16H2,2-3H3. The van der Waals surface area contributed by atoms with Crippen LogP contribution in [-0.4, -0.2) is 56.9 Å². The van der Waals surface area contributed by atoms with E-state index in [4.69, 9.17) is 0 Å². The first-order chi connectivity index (χ1) is 13.6. The van der Waals surface area contributed by atoms with Crippen molar-refractivity contribution in [2.75, 3.05) is 26.6 Å². The highest BCUT2D eigenvalue weighted by molar-refractivity contribution is 7.90. The molecular weight excluding hydrogens is 410 g/mol. The van der Waals surface area contributed by atoms with Gasteiger partial charge in [-0.1, -0.05) is 41.5 Å². The SMILES string of the molecule is C=CCN1CN(S(=O)(=O)c2ccc(C)cc2)CN(S(=O)(=O)c2ccc(C)cc2)C1. The van der Waals surface area contributed by atoms with Gasteiger partial charge in [0.1, 0.15) is 0 Å². The number of hydrogen-bond donors (Lipinski definition) is 0. The summed E-state index contributed by atoms with van der Waals surface area (Å²) in [5, 5.41) is 0. The molecule has 1 heterocycles. The molecule has 1 saturated heterocycles. The van der Waals surface area contributed by atoms with E-state index < -0.39 is 20.0 Å². The molecule has 0 atom stereocenters. The lowest BCUT2D eigenvalue weighted by Crippen LogP contribution is -2.57. The molecule has 0 radical (unpaired) electrons. The highest BCUT2D eigenvalue weighted by Gasteiger charge is 2.37. The van der Waals surface area contributed by atoms with Crippen LogP contribution in [0.25, 0.3) is 0 Å². The van der Waals surface area contributed by atoms with E-state index in [0.29, 0.717) is 6.54 Å². The number of benzene rings is 2. The Bertz CT molecular complexity index is 996. The lowest BCUT2D eigenvalue weighted by Gasteiger charge is -2.40. The Balaban J connectivity index is 1.96. The summed E-state index contributed by atoms with van der Waals surface area (Å²) in [7, 11) is -7.72. The molecule has 29 heavy (non-hydrogen) atoms. The van der Waals surface area contributed by atoms with Crippen molar-refractivity contribution < 1.29 is 16.8 Å². The van der Waals surface area contributed by atoms with Gasteiger partial charge in [-0.05, 0) is 38.1 Å². The first-order valence-electron chi connectivity index (χ1n) is 9.11. The third-order valence-electron chi connectivity index (χ3n) is 4.74. The normalized spacial score (nSPS) is 17.3. The maximum atomic E-state index is 13.2. The molecule has 9 heteroatoms. The van der Waals surface area contributed by atoms with Gasteiger partial charge in [0.25, 0.3) is 0 Å². The molecule has 0 saturated carbocycles. The van der Waals surface area contributed by atoms with Gasteiger partial charge in [0.15, 0.2) is 0 Å². The monoisotopic (exact) mass is 435 g/mol. The van der Waals surface area contributed by atoms with Crippen LogP contribution in [0.4, 0.5) is 0 Å². The molecule has 0 spiro atoms. The highest BCUT2D eigenvalue weighted by atomic mass is 32.2. The quantitative estimate of drug-likeness (QED) is 0.651. The van der Waals surface area contributed by atoms with Crippen molar-refractivity contribution in [2.24, 2.45) is 0 Å². The van der Waals surface area contributed by atoms with Crippen molar-refractivity contribution in [3.63, 3.8) is 0 Å². The average Bonchev–Trinajstić information content (AvgIpc) is 2.68. The van der Waals surface area contributed by atoms with Crippen molar-refractivity contribution in [3.8, 4) is 0 Å². The summed E-state index contributed by atoms with van der Waals surface area (Å²) in [5.74, 6) is 0. The van der Waals surface area contributed by atoms with Crippen LogP contribution in [0.2, 0.25) is 0 Å². The van der Waals surface area contributed by atoms with Crippen LogP contribution in [0.5, 0.6) is 0 Å². The van der Waals surface area contributed by atoms with E-state index >= 15 is 0 Å². The molecular formula is C20H25N3O4S2. The molecule has 0 unspecified atom stereocenters. The lowest BCUT2D eigenvalue weighted by molar-refractivity contribution is 0.0732. The number of rotatable bonds is 6. The molecule has 0 bridgehead atoms. The molecule has 0 amide bonds. The van der Waals surface area contributed by atoms with E-state index in [9.17, 15) is 16.8 Å². The molecule has 156 valence electrons. The van der Waals surface area contributed by atoms with Crippen molar-refractivity contribution in [2.45, 2.75) is 23.6 Å². The van der Waals surface area contributed by atoms with Crippen LogP contribution < -0.4 is 0 Å². The van der Waals surface area contributed by atoms with Gasteiger partial charge in [-0.2, -0.15) is 8.61 Å². The Morgan fingerprint density at radius 3 is 1.48 bits per heavy atom. The Hall–Kier alpha value is -2.04. The third kappa shape index (κ3) is 4.59. The summed E-state index contributed by atoms with van der Waals surface area (Å²) in [6.07, 6.45) is 1.62. The summed E-state index contributed by atoms with van der Waals surface area (Å²) in [4.78, 5) is 1.99. The Morgan fingerprint density at radius 2 is 1.14 bits per heavy atom. The fourth-order valence-corrected chi connectivity index (χ4v) is 5.92. The second-order valence-electron chi connectivity index (χ2n) is 7.11. The summed E-state index contributed by atoms with van der Waals surface area (Å²) in [5.41, 5.74) is 1.89. The Kier molecular flexibility index (Phi) is 6.25. The fraction of sp³-hybridized carbons (Fsp3) is 0.300. The van der Waals surface area contributed by atoms with Crippen molar-refractivity contribution in [1.29, 1.82) is 0 Å². The fourth-order valence-electron chi connectivity index (χ4n) is 3.08. The van der Waals surface area contributed by atoms with Crippen LogP contribution in [0.3, 0.4) is 0 Å². The van der Waals surface area contributed by atoms with Gasteiger partial charge in [0.05, 0.1) is 29.8 Å². The summed E-state index contributed by atoms with van der Waals surface area (Å²) >= 11 is 0. The minimum absolute atomic E-state index is 0.0855. The second-order valence-corrected chi connectivity index (χ2v) is 11.0. The molecule has 0 aliphatic carbocycles. The predicted octanol–water partition coefficient (Wildman–Crippen LogP) is 2.36. The topological polar surface area (TPSA) is 78.0 Å². The van der Waals surface area contributed by atoms with Gasteiger partial charge >= 0.3 is 0 Å². The molecule has 2 aromatic carbocycles. The smallest absolute Gasteiger partial charge is 0.245 e.